The Bertz CT molecular complexity index is 943. The lowest BCUT2D eigenvalue weighted by Crippen LogP contribution is -2.41. The van der Waals surface area contributed by atoms with E-state index in [4.69, 9.17) is 4.74 Å². The molecule has 7 heteroatoms. The van der Waals surface area contributed by atoms with Gasteiger partial charge in [0.1, 0.15) is 6.10 Å². The molecule has 0 unspecified atom stereocenters. The summed E-state index contributed by atoms with van der Waals surface area (Å²) in [4.78, 5) is 4.12. The van der Waals surface area contributed by atoms with Gasteiger partial charge in [0.2, 0.25) is 10.0 Å². The Kier molecular flexibility index (Phi) is 6.02. The fourth-order valence-electron chi connectivity index (χ4n) is 4.08. The minimum absolute atomic E-state index is 0.262. The second-order valence-electron chi connectivity index (χ2n) is 8.36. The molecule has 0 aliphatic carbocycles. The highest BCUT2D eigenvalue weighted by molar-refractivity contribution is 7.89. The molecule has 0 saturated carbocycles. The molecule has 4 rings (SSSR count). The summed E-state index contributed by atoms with van der Waals surface area (Å²) in [6.07, 6.45) is 3.11. The number of hydrogen-bond acceptors (Lipinski definition) is 5. The standard InChI is InChI=1S/C22H30N2O3S2/c1-16(2)23-11-8-19(9-12-23)27-22-14-18-15-24(13-10-21(18)28-22)29(25,26)20-6-4-17(3)5-7-20/h4-7,14,16,19H,8-13,15H2,1-3H3. The molecule has 3 heterocycles. The summed E-state index contributed by atoms with van der Waals surface area (Å²) in [5.41, 5.74) is 2.15. The molecule has 29 heavy (non-hydrogen) atoms. The summed E-state index contributed by atoms with van der Waals surface area (Å²) >= 11 is 1.69. The molecular weight excluding hydrogens is 404 g/mol. The lowest BCUT2D eigenvalue weighted by Gasteiger charge is -2.34. The summed E-state index contributed by atoms with van der Waals surface area (Å²) in [7, 11) is -3.46. The van der Waals surface area contributed by atoms with Crippen LogP contribution in [-0.4, -0.2) is 49.4 Å². The average molecular weight is 435 g/mol. The van der Waals surface area contributed by atoms with Gasteiger partial charge in [0.25, 0.3) is 0 Å². The number of piperidine rings is 1. The summed E-state index contributed by atoms with van der Waals surface area (Å²) in [6.45, 7) is 9.55. The molecule has 0 atom stereocenters. The third kappa shape index (κ3) is 4.53. The maximum atomic E-state index is 13.0. The van der Waals surface area contributed by atoms with Gasteiger partial charge >= 0.3 is 0 Å². The molecule has 2 aliphatic rings. The van der Waals surface area contributed by atoms with Crippen LogP contribution >= 0.6 is 11.3 Å². The van der Waals surface area contributed by atoms with Gasteiger partial charge in [-0.2, -0.15) is 4.31 Å². The van der Waals surface area contributed by atoms with Crippen molar-refractivity contribution in [3.8, 4) is 5.06 Å². The molecule has 0 amide bonds. The lowest BCUT2D eigenvalue weighted by atomic mass is 10.1. The topological polar surface area (TPSA) is 49.9 Å². The largest absolute Gasteiger partial charge is 0.481 e. The van der Waals surface area contributed by atoms with Gasteiger partial charge in [-0.25, -0.2) is 8.42 Å². The molecule has 158 valence electrons. The summed E-state index contributed by atoms with van der Waals surface area (Å²) in [6, 6.07) is 9.75. The van der Waals surface area contributed by atoms with Crippen LogP contribution < -0.4 is 4.74 Å². The number of benzene rings is 1. The maximum absolute atomic E-state index is 13.0. The van der Waals surface area contributed by atoms with E-state index in [0.717, 1.165) is 48.5 Å². The lowest BCUT2D eigenvalue weighted by molar-refractivity contribution is 0.0867. The smallest absolute Gasteiger partial charge is 0.243 e. The molecule has 0 N–H and O–H groups in total. The average Bonchev–Trinajstić information content (AvgIpc) is 3.10. The number of fused-ring (bicyclic) bond motifs is 1. The van der Waals surface area contributed by atoms with E-state index >= 15 is 0 Å². The van der Waals surface area contributed by atoms with E-state index in [1.807, 2.05) is 19.1 Å². The first-order valence-corrected chi connectivity index (χ1v) is 12.7. The van der Waals surface area contributed by atoms with Gasteiger partial charge in [-0.15, -0.1) is 11.3 Å². The van der Waals surface area contributed by atoms with E-state index in [1.54, 1.807) is 27.8 Å². The summed E-state index contributed by atoms with van der Waals surface area (Å²) in [5.74, 6) is 0. The first-order valence-electron chi connectivity index (χ1n) is 10.4. The number of hydrogen-bond donors (Lipinski definition) is 0. The van der Waals surface area contributed by atoms with Crippen molar-refractivity contribution < 1.29 is 13.2 Å². The monoisotopic (exact) mass is 434 g/mol. The van der Waals surface area contributed by atoms with Gasteiger partial charge in [-0.1, -0.05) is 17.7 Å². The van der Waals surface area contributed by atoms with Crippen LogP contribution in [0.3, 0.4) is 0 Å². The Balaban J connectivity index is 1.42. The van der Waals surface area contributed by atoms with Crippen molar-refractivity contribution in [1.29, 1.82) is 0 Å². The number of ether oxygens (including phenoxy) is 1. The molecule has 0 spiro atoms. The van der Waals surface area contributed by atoms with Gasteiger partial charge in [-0.05, 0) is 63.8 Å². The number of sulfonamides is 1. The number of likely N-dealkylation sites (tertiary alicyclic amines) is 1. The highest BCUT2D eigenvalue weighted by atomic mass is 32.2. The molecule has 5 nitrogen and oxygen atoms in total. The predicted molar refractivity (Wildman–Crippen MR) is 117 cm³/mol. The Labute approximate surface area is 178 Å². The second-order valence-corrected chi connectivity index (χ2v) is 11.4. The minimum atomic E-state index is -3.46. The van der Waals surface area contributed by atoms with Crippen LogP contribution in [0, 0.1) is 6.92 Å². The molecular formula is C22H30N2O3S2. The summed E-state index contributed by atoms with van der Waals surface area (Å²) < 4.78 is 33.9. The van der Waals surface area contributed by atoms with Gasteiger partial charge in [0.15, 0.2) is 5.06 Å². The predicted octanol–water partition coefficient (Wildman–Crippen LogP) is 4.06. The number of rotatable bonds is 5. The minimum Gasteiger partial charge on any atom is -0.481 e. The number of thiophene rings is 1. The van der Waals surface area contributed by atoms with Crippen LogP contribution in [0.15, 0.2) is 35.2 Å². The Morgan fingerprint density at radius 1 is 1.10 bits per heavy atom. The quantitative estimate of drug-likeness (QED) is 0.712. The van der Waals surface area contributed by atoms with E-state index in [0.29, 0.717) is 24.0 Å². The zero-order valence-corrected chi connectivity index (χ0v) is 19.1. The van der Waals surface area contributed by atoms with Crippen LogP contribution in [0.2, 0.25) is 0 Å². The first kappa shape index (κ1) is 20.8. The van der Waals surface area contributed by atoms with Crippen molar-refractivity contribution in [2.24, 2.45) is 0 Å². The molecule has 0 bridgehead atoms. The SMILES string of the molecule is Cc1ccc(S(=O)(=O)N2CCc3sc(OC4CCN(C(C)C)CC4)cc3C2)cc1. The fraction of sp³-hybridized carbons (Fsp3) is 0.545. The maximum Gasteiger partial charge on any atom is 0.243 e. The van der Waals surface area contributed by atoms with Gasteiger partial charge in [-0.3, -0.25) is 0 Å². The van der Waals surface area contributed by atoms with E-state index in [9.17, 15) is 8.42 Å². The third-order valence-corrected chi connectivity index (χ3v) is 8.94. The van der Waals surface area contributed by atoms with Crippen LogP contribution in [0.25, 0.3) is 0 Å². The zero-order valence-electron chi connectivity index (χ0n) is 17.4. The zero-order chi connectivity index (χ0) is 20.6. The van der Waals surface area contributed by atoms with Gasteiger partial charge in [0.05, 0.1) is 4.90 Å². The van der Waals surface area contributed by atoms with Gasteiger partial charge < -0.3 is 9.64 Å². The van der Waals surface area contributed by atoms with Crippen molar-refractivity contribution in [2.45, 2.75) is 63.6 Å². The van der Waals surface area contributed by atoms with Crippen LogP contribution in [0.4, 0.5) is 0 Å². The highest BCUT2D eigenvalue weighted by Crippen LogP contribution is 2.36. The molecule has 2 aliphatic heterocycles. The number of aryl methyl sites for hydroxylation is 1. The Hall–Kier alpha value is -1.41. The molecule has 1 aromatic carbocycles. The van der Waals surface area contributed by atoms with E-state index < -0.39 is 10.0 Å². The van der Waals surface area contributed by atoms with Crippen LogP contribution in [0.5, 0.6) is 5.06 Å². The first-order chi connectivity index (χ1) is 13.8. The van der Waals surface area contributed by atoms with Gasteiger partial charge in [0, 0.05) is 37.1 Å². The molecule has 1 aromatic heterocycles. The van der Waals surface area contributed by atoms with Crippen molar-refractivity contribution in [3.63, 3.8) is 0 Å². The van der Waals surface area contributed by atoms with Crippen molar-refractivity contribution in [3.05, 3.63) is 46.3 Å². The van der Waals surface area contributed by atoms with E-state index in [1.165, 1.54) is 4.88 Å². The molecule has 1 saturated heterocycles. The van der Waals surface area contributed by atoms with Crippen molar-refractivity contribution in [1.82, 2.24) is 9.21 Å². The fourth-order valence-corrected chi connectivity index (χ4v) is 6.57. The molecule has 0 radical (unpaired) electrons. The third-order valence-electron chi connectivity index (χ3n) is 5.96. The van der Waals surface area contributed by atoms with E-state index in [2.05, 4.69) is 24.8 Å². The van der Waals surface area contributed by atoms with Crippen molar-refractivity contribution in [2.75, 3.05) is 19.6 Å². The normalized spacial score (nSPS) is 19.4. The Morgan fingerprint density at radius 2 is 1.79 bits per heavy atom. The molecule has 2 aromatic rings. The number of nitrogens with zero attached hydrogens (tertiary/aromatic N) is 2. The molecule has 1 fully saturated rings. The van der Waals surface area contributed by atoms with Crippen molar-refractivity contribution >= 4 is 21.4 Å². The van der Waals surface area contributed by atoms with E-state index in [-0.39, 0.29) is 6.10 Å². The summed E-state index contributed by atoms with van der Waals surface area (Å²) in [5, 5.41) is 0.938. The Morgan fingerprint density at radius 3 is 2.45 bits per heavy atom. The highest BCUT2D eigenvalue weighted by Gasteiger charge is 2.30. The second kappa shape index (κ2) is 8.38. The van der Waals surface area contributed by atoms with Crippen LogP contribution in [0.1, 0.15) is 42.7 Å². The van der Waals surface area contributed by atoms with Crippen LogP contribution in [-0.2, 0) is 23.0 Å².